The number of thioether (sulfide) groups is 1. The van der Waals surface area contributed by atoms with Crippen LogP contribution in [0.25, 0.3) is 0 Å². The summed E-state index contributed by atoms with van der Waals surface area (Å²) in [4.78, 5) is 4.36. The maximum absolute atomic E-state index is 5.05. The molecular weight excluding hydrogens is 170 g/mol. The molecule has 0 saturated heterocycles. The van der Waals surface area contributed by atoms with E-state index in [1.165, 1.54) is 5.56 Å². The van der Waals surface area contributed by atoms with E-state index in [1.54, 1.807) is 7.11 Å². The second-order valence-corrected chi connectivity index (χ2v) is 4.38. The van der Waals surface area contributed by atoms with Crippen molar-refractivity contribution in [3.05, 3.63) is 17.7 Å². The van der Waals surface area contributed by atoms with Gasteiger partial charge in [-0.15, -0.1) is 11.8 Å². The molecule has 3 heteroatoms. The Morgan fingerprint density at radius 1 is 1.58 bits per heavy atom. The molecule has 2 rings (SSSR count). The predicted molar refractivity (Wildman–Crippen MR) is 49.8 cm³/mol. The summed E-state index contributed by atoms with van der Waals surface area (Å²) >= 11 is 1.83. The van der Waals surface area contributed by atoms with E-state index in [0.29, 0.717) is 5.25 Å². The van der Waals surface area contributed by atoms with Crippen molar-refractivity contribution in [1.82, 2.24) is 4.98 Å². The Kier molecular flexibility index (Phi) is 1.97. The van der Waals surface area contributed by atoms with Crippen LogP contribution < -0.4 is 4.74 Å². The van der Waals surface area contributed by atoms with Gasteiger partial charge in [-0.25, -0.2) is 4.98 Å². The van der Waals surface area contributed by atoms with Crippen molar-refractivity contribution in [2.75, 3.05) is 7.11 Å². The summed E-state index contributed by atoms with van der Waals surface area (Å²) in [5.41, 5.74) is 1.35. The molecule has 0 amide bonds. The van der Waals surface area contributed by atoms with Crippen molar-refractivity contribution < 1.29 is 4.74 Å². The minimum Gasteiger partial charge on any atom is -0.481 e. The molecule has 0 N–H and O–H groups in total. The fraction of sp³-hybridized carbons (Fsp3) is 0.444. The van der Waals surface area contributed by atoms with Gasteiger partial charge in [0.1, 0.15) is 5.03 Å². The van der Waals surface area contributed by atoms with Crippen LogP contribution in [0.5, 0.6) is 5.88 Å². The lowest BCUT2D eigenvalue weighted by molar-refractivity contribution is 0.394. The maximum atomic E-state index is 5.05. The quantitative estimate of drug-likeness (QED) is 0.662. The Morgan fingerprint density at radius 3 is 3.17 bits per heavy atom. The topological polar surface area (TPSA) is 22.1 Å². The Morgan fingerprint density at radius 2 is 2.42 bits per heavy atom. The van der Waals surface area contributed by atoms with E-state index >= 15 is 0 Å². The third-order valence-electron chi connectivity index (χ3n) is 1.94. The second kappa shape index (κ2) is 2.98. The van der Waals surface area contributed by atoms with E-state index in [4.69, 9.17) is 4.74 Å². The second-order valence-electron chi connectivity index (χ2n) is 2.95. The molecule has 0 fully saturated rings. The van der Waals surface area contributed by atoms with Gasteiger partial charge in [-0.1, -0.05) is 13.0 Å². The number of pyridine rings is 1. The SMILES string of the molecule is COc1ccc2c(n1)SC(C)C2. The Labute approximate surface area is 76.3 Å². The number of hydrogen-bond donors (Lipinski definition) is 0. The number of nitrogens with zero attached hydrogens (tertiary/aromatic N) is 1. The van der Waals surface area contributed by atoms with Gasteiger partial charge in [-0.3, -0.25) is 0 Å². The van der Waals surface area contributed by atoms with Gasteiger partial charge in [-0.2, -0.15) is 0 Å². The van der Waals surface area contributed by atoms with Crippen molar-refractivity contribution in [1.29, 1.82) is 0 Å². The highest BCUT2D eigenvalue weighted by Gasteiger charge is 2.19. The monoisotopic (exact) mass is 181 g/mol. The molecule has 0 spiro atoms. The average Bonchev–Trinajstić information content (AvgIpc) is 2.43. The third kappa shape index (κ3) is 1.29. The van der Waals surface area contributed by atoms with Crippen molar-refractivity contribution in [3.8, 4) is 5.88 Å². The van der Waals surface area contributed by atoms with E-state index < -0.39 is 0 Å². The molecular formula is C9H11NOS. The van der Waals surface area contributed by atoms with Gasteiger partial charge in [0.2, 0.25) is 5.88 Å². The summed E-state index contributed by atoms with van der Waals surface area (Å²) in [5.74, 6) is 0.718. The lowest BCUT2D eigenvalue weighted by Crippen LogP contribution is -1.91. The summed E-state index contributed by atoms with van der Waals surface area (Å²) < 4.78 is 5.05. The smallest absolute Gasteiger partial charge is 0.213 e. The standard InChI is InChI=1S/C9H11NOS/c1-6-5-7-3-4-8(11-2)10-9(7)12-6/h3-4,6H,5H2,1-2H3. The molecule has 12 heavy (non-hydrogen) atoms. The van der Waals surface area contributed by atoms with Crippen LogP contribution in [0.4, 0.5) is 0 Å². The van der Waals surface area contributed by atoms with E-state index in [-0.39, 0.29) is 0 Å². The molecule has 0 aliphatic carbocycles. The first-order valence-electron chi connectivity index (χ1n) is 4.00. The fourth-order valence-electron chi connectivity index (χ4n) is 1.37. The summed E-state index contributed by atoms with van der Waals surface area (Å²) in [6.45, 7) is 2.22. The molecule has 0 bridgehead atoms. The van der Waals surface area contributed by atoms with Crippen LogP contribution >= 0.6 is 11.8 Å². The first-order valence-corrected chi connectivity index (χ1v) is 4.88. The zero-order valence-electron chi connectivity index (χ0n) is 7.20. The lowest BCUT2D eigenvalue weighted by atomic mass is 10.2. The lowest BCUT2D eigenvalue weighted by Gasteiger charge is -2.00. The van der Waals surface area contributed by atoms with Crippen molar-refractivity contribution in [2.45, 2.75) is 23.6 Å². The average molecular weight is 181 g/mol. The molecule has 1 unspecified atom stereocenters. The summed E-state index contributed by atoms with van der Waals surface area (Å²) in [6.07, 6.45) is 1.14. The van der Waals surface area contributed by atoms with E-state index in [0.717, 1.165) is 17.3 Å². The molecule has 1 aromatic heterocycles. The highest BCUT2D eigenvalue weighted by atomic mass is 32.2. The third-order valence-corrected chi connectivity index (χ3v) is 3.09. The summed E-state index contributed by atoms with van der Waals surface area (Å²) in [6, 6.07) is 4.04. The summed E-state index contributed by atoms with van der Waals surface area (Å²) in [5, 5.41) is 1.81. The van der Waals surface area contributed by atoms with Crippen molar-refractivity contribution in [2.24, 2.45) is 0 Å². The molecule has 2 heterocycles. The fourth-order valence-corrected chi connectivity index (χ4v) is 2.45. The van der Waals surface area contributed by atoms with Crippen LogP contribution in [0, 0.1) is 0 Å². The van der Waals surface area contributed by atoms with E-state index in [1.807, 2.05) is 17.8 Å². The molecule has 1 atom stereocenters. The number of hydrogen-bond acceptors (Lipinski definition) is 3. The molecule has 0 aromatic carbocycles. The molecule has 64 valence electrons. The Balaban J connectivity index is 2.35. The molecule has 1 aliphatic heterocycles. The zero-order valence-corrected chi connectivity index (χ0v) is 8.02. The number of aromatic nitrogens is 1. The maximum Gasteiger partial charge on any atom is 0.213 e. The number of fused-ring (bicyclic) bond motifs is 1. The zero-order chi connectivity index (χ0) is 8.55. The van der Waals surface area contributed by atoms with E-state index in [9.17, 15) is 0 Å². The van der Waals surface area contributed by atoms with Gasteiger partial charge in [0.25, 0.3) is 0 Å². The van der Waals surface area contributed by atoms with Gasteiger partial charge in [0.05, 0.1) is 7.11 Å². The Bertz CT molecular complexity index is 301. The minimum atomic E-state index is 0.666. The molecule has 0 saturated carbocycles. The van der Waals surface area contributed by atoms with Gasteiger partial charge in [0, 0.05) is 11.3 Å². The van der Waals surface area contributed by atoms with Gasteiger partial charge >= 0.3 is 0 Å². The molecule has 1 aromatic rings. The number of methoxy groups -OCH3 is 1. The van der Waals surface area contributed by atoms with E-state index in [2.05, 4.69) is 18.0 Å². The first kappa shape index (κ1) is 7.92. The van der Waals surface area contributed by atoms with Crippen LogP contribution in [-0.4, -0.2) is 17.3 Å². The number of ether oxygens (including phenoxy) is 1. The normalized spacial score (nSPS) is 20.7. The predicted octanol–water partition coefficient (Wildman–Crippen LogP) is 2.13. The van der Waals surface area contributed by atoms with Crippen LogP contribution in [0.15, 0.2) is 17.2 Å². The number of rotatable bonds is 1. The van der Waals surface area contributed by atoms with Gasteiger partial charge in [-0.05, 0) is 12.0 Å². The van der Waals surface area contributed by atoms with Gasteiger partial charge < -0.3 is 4.74 Å². The molecule has 1 aliphatic rings. The largest absolute Gasteiger partial charge is 0.481 e. The highest BCUT2D eigenvalue weighted by Crippen LogP contribution is 2.35. The van der Waals surface area contributed by atoms with Crippen LogP contribution in [-0.2, 0) is 6.42 Å². The van der Waals surface area contributed by atoms with Crippen molar-refractivity contribution in [3.63, 3.8) is 0 Å². The van der Waals surface area contributed by atoms with Crippen molar-refractivity contribution >= 4 is 11.8 Å². The highest BCUT2D eigenvalue weighted by molar-refractivity contribution is 8.00. The molecule has 2 nitrogen and oxygen atoms in total. The van der Waals surface area contributed by atoms with Crippen LogP contribution in [0.1, 0.15) is 12.5 Å². The van der Waals surface area contributed by atoms with Gasteiger partial charge in [0.15, 0.2) is 0 Å². The minimum absolute atomic E-state index is 0.666. The van der Waals surface area contributed by atoms with Crippen LogP contribution in [0.3, 0.4) is 0 Å². The Hall–Kier alpha value is -0.700. The first-order chi connectivity index (χ1) is 5.79. The van der Waals surface area contributed by atoms with Crippen LogP contribution in [0.2, 0.25) is 0 Å². The summed E-state index contributed by atoms with van der Waals surface area (Å²) in [7, 11) is 1.65. The molecule has 0 radical (unpaired) electrons.